The third-order valence-electron chi connectivity index (χ3n) is 3.31. The van der Waals surface area contributed by atoms with Gasteiger partial charge in [-0.05, 0) is 12.2 Å². The zero-order chi connectivity index (χ0) is 14.1. The second kappa shape index (κ2) is 5.29. The van der Waals surface area contributed by atoms with Crippen LogP contribution in [0.5, 0.6) is 0 Å². The van der Waals surface area contributed by atoms with Crippen LogP contribution in [0.25, 0.3) is 0 Å². The lowest BCUT2D eigenvalue weighted by atomic mass is 10.2. The number of amides is 1. The molecule has 2 aromatic rings. The fourth-order valence-corrected chi connectivity index (χ4v) is 3.19. The van der Waals surface area contributed by atoms with Gasteiger partial charge in [0.15, 0.2) is 0 Å². The first-order chi connectivity index (χ1) is 9.74. The minimum absolute atomic E-state index is 0.0704. The molecule has 0 bridgehead atoms. The van der Waals surface area contributed by atoms with E-state index in [0.717, 1.165) is 10.6 Å². The summed E-state index contributed by atoms with van der Waals surface area (Å²) in [5, 5.41) is 6.94. The van der Waals surface area contributed by atoms with Crippen molar-refractivity contribution in [2.45, 2.75) is 25.8 Å². The van der Waals surface area contributed by atoms with E-state index in [1.165, 1.54) is 11.3 Å². The van der Waals surface area contributed by atoms with Gasteiger partial charge >= 0.3 is 0 Å². The van der Waals surface area contributed by atoms with E-state index in [0.29, 0.717) is 31.2 Å². The van der Waals surface area contributed by atoms with Crippen LogP contribution < -0.4 is 10.2 Å². The van der Waals surface area contributed by atoms with Crippen LogP contribution in [0.15, 0.2) is 10.0 Å². The van der Waals surface area contributed by atoms with Crippen LogP contribution >= 0.6 is 11.3 Å². The molecule has 1 aliphatic heterocycles. The van der Waals surface area contributed by atoms with Crippen molar-refractivity contribution in [3.8, 4) is 0 Å². The molecule has 3 rings (SSSR count). The molecule has 0 saturated heterocycles. The number of hydrogen-bond donors (Lipinski definition) is 1. The number of fused-ring (bicyclic) bond motifs is 1. The maximum absolute atomic E-state index is 12.7. The molecule has 8 heteroatoms. The molecule has 0 aromatic carbocycles. The monoisotopic (exact) mass is 293 g/mol. The molecule has 0 saturated carbocycles. The summed E-state index contributed by atoms with van der Waals surface area (Å²) in [7, 11) is 1.77. The normalized spacial score (nSPS) is 19.0. The van der Waals surface area contributed by atoms with Crippen LogP contribution in [0.4, 0.5) is 5.95 Å². The van der Waals surface area contributed by atoms with Crippen LogP contribution in [0.1, 0.15) is 29.4 Å². The Balaban J connectivity index is 1.94. The molecule has 106 valence electrons. The molecular formula is C12H15N5O2S. The molecule has 1 amide bonds. The number of nitrogens with one attached hydrogen (secondary N) is 1. The molecular weight excluding hydrogens is 278 g/mol. The number of thiazole rings is 1. The quantitative estimate of drug-likeness (QED) is 0.906. The molecule has 0 spiro atoms. The highest BCUT2D eigenvalue weighted by Gasteiger charge is 2.34. The number of aromatic nitrogens is 3. The molecule has 2 aromatic heterocycles. The molecule has 1 unspecified atom stereocenters. The highest BCUT2D eigenvalue weighted by atomic mass is 32.1. The van der Waals surface area contributed by atoms with Gasteiger partial charge in [-0.3, -0.25) is 9.69 Å². The maximum atomic E-state index is 12.7. The predicted octanol–water partition coefficient (Wildman–Crippen LogP) is 0.938. The summed E-state index contributed by atoms with van der Waals surface area (Å²) in [4.78, 5) is 23.8. The van der Waals surface area contributed by atoms with E-state index in [-0.39, 0.29) is 5.91 Å². The Labute approximate surface area is 120 Å². The number of nitrogens with zero attached hydrogens (tertiary/aromatic N) is 4. The summed E-state index contributed by atoms with van der Waals surface area (Å²) in [5.74, 6) is 0.798. The van der Waals surface area contributed by atoms with Crippen molar-refractivity contribution in [1.82, 2.24) is 20.4 Å². The van der Waals surface area contributed by atoms with Crippen LogP contribution in [-0.4, -0.2) is 34.6 Å². The van der Waals surface area contributed by atoms with Crippen molar-refractivity contribution in [2.24, 2.45) is 0 Å². The van der Waals surface area contributed by atoms with Crippen molar-refractivity contribution >= 4 is 23.2 Å². The average molecular weight is 293 g/mol. The Morgan fingerprint density at radius 3 is 3.15 bits per heavy atom. The second-order valence-corrected chi connectivity index (χ2v) is 5.35. The number of carbonyl (C=O) groups excluding carboxylic acids is 1. The smallest absolute Gasteiger partial charge is 0.272 e. The zero-order valence-corrected chi connectivity index (χ0v) is 12.1. The van der Waals surface area contributed by atoms with Gasteiger partial charge < -0.3 is 9.84 Å². The van der Waals surface area contributed by atoms with Gasteiger partial charge in [-0.15, -0.1) is 11.3 Å². The van der Waals surface area contributed by atoms with Gasteiger partial charge in [0, 0.05) is 19.4 Å². The lowest BCUT2D eigenvalue weighted by Gasteiger charge is -2.20. The number of rotatable bonds is 3. The van der Waals surface area contributed by atoms with Crippen molar-refractivity contribution in [2.75, 3.05) is 18.5 Å². The van der Waals surface area contributed by atoms with Crippen LogP contribution in [0.2, 0.25) is 0 Å². The molecule has 0 fully saturated rings. The van der Waals surface area contributed by atoms with Crippen LogP contribution in [-0.2, 0) is 17.6 Å². The number of anilines is 1. The highest BCUT2D eigenvalue weighted by molar-refractivity contribution is 7.10. The first-order valence-electron chi connectivity index (χ1n) is 6.48. The Bertz CT molecular complexity index is 623. The standard InChI is InChI=1S/C12H15N5O2S/c1-3-8-15-12(16-19-8)17-5-4-7-10(20-6-14-7)9(13-2)11(17)18/h6,9,13H,3-5H2,1-2H3. The van der Waals surface area contributed by atoms with Gasteiger partial charge in [-0.1, -0.05) is 6.92 Å². The molecule has 20 heavy (non-hydrogen) atoms. The van der Waals surface area contributed by atoms with Crippen molar-refractivity contribution in [3.63, 3.8) is 0 Å². The number of hydrogen-bond acceptors (Lipinski definition) is 7. The van der Waals surface area contributed by atoms with E-state index in [4.69, 9.17) is 4.52 Å². The van der Waals surface area contributed by atoms with Gasteiger partial charge in [-0.25, -0.2) is 4.98 Å². The van der Waals surface area contributed by atoms with Crippen LogP contribution in [0, 0.1) is 0 Å². The average Bonchev–Trinajstić information content (AvgIpc) is 3.08. The molecule has 1 N–H and O–H groups in total. The summed E-state index contributed by atoms with van der Waals surface area (Å²) >= 11 is 1.50. The first kappa shape index (κ1) is 13.2. The Kier molecular flexibility index (Phi) is 3.49. The van der Waals surface area contributed by atoms with E-state index >= 15 is 0 Å². The topological polar surface area (TPSA) is 84.2 Å². The maximum Gasteiger partial charge on any atom is 0.272 e. The third kappa shape index (κ3) is 2.10. The third-order valence-corrected chi connectivity index (χ3v) is 4.25. The van der Waals surface area contributed by atoms with E-state index in [2.05, 4.69) is 20.4 Å². The van der Waals surface area contributed by atoms with Gasteiger partial charge in [0.05, 0.1) is 16.1 Å². The van der Waals surface area contributed by atoms with E-state index in [1.807, 2.05) is 6.92 Å². The van der Waals surface area contributed by atoms with Crippen LogP contribution in [0.3, 0.4) is 0 Å². The van der Waals surface area contributed by atoms with Gasteiger partial charge in [-0.2, -0.15) is 4.98 Å². The second-order valence-electron chi connectivity index (χ2n) is 4.47. The molecule has 7 nitrogen and oxygen atoms in total. The minimum atomic E-state index is -0.399. The largest absolute Gasteiger partial charge is 0.337 e. The molecule has 1 atom stereocenters. The predicted molar refractivity (Wildman–Crippen MR) is 73.6 cm³/mol. The SMILES string of the molecule is CCc1nc(N2CCc3ncsc3C(NC)C2=O)no1. The van der Waals surface area contributed by atoms with Gasteiger partial charge in [0.1, 0.15) is 6.04 Å². The van der Waals surface area contributed by atoms with Crippen molar-refractivity contribution in [3.05, 3.63) is 22.0 Å². The summed E-state index contributed by atoms with van der Waals surface area (Å²) < 4.78 is 5.10. The minimum Gasteiger partial charge on any atom is -0.337 e. The zero-order valence-electron chi connectivity index (χ0n) is 11.3. The summed E-state index contributed by atoms with van der Waals surface area (Å²) in [6, 6.07) is -0.399. The fourth-order valence-electron chi connectivity index (χ4n) is 2.25. The summed E-state index contributed by atoms with van der Waals surface area (Å²) in [5.41, 5.74) is 2.74. The lowest BCUT2D eigenvalue weighted by molar-refractivity contribution is -0.120. The summed E-state index contributed by atoms with van der Waals surface area (Å²) in [6.45, 7) is 2.44. The molecule has 3 heterocycles. The molecule has 0 radical (unpaired) electrons. The Hall–Kier alpha value is -1.80. The number of aryl methyl sites for hydroxylation is 1. The van der Waals surface area contributed by atoms with E-state index < -0.39 is 6.04 Å². The Morgan fingerprint density at radius 1 is 1.60 bits per heavy atom. The lowest BCUT2D eigenvalue weighted by Crippen LogP contribution is -2.39. The van der Waals surface area contributed by atoms with Crippen molar-refractivity contribution in [1.29, 1.82) is 0 Å². The van der Waals surface area contributed by atoms with Gasteiger partial charge in [0.2, 0.25) is 5.89 Å². The van der Waals surface area contributed by atoms with Crippen molar-refractivity contribution < 1.29 is 9.32 Å². The van der Waals surface area contributed by atoms with E-state index in [1.54, 1.807) is 17.5 Å². The fraction of sp³-hybridized carbons (Fsp3) is 0.500. The number of carbonyl (C=O) groups is 1. The number of likely N-dealkylation sites (N-methyl/N-ethyl adjacent to an activating group) is 1. The molecule has 0 aliphatic carbocycles. The van der Waals surface area contributed by atoms with Gasteiger partial charge in [0.25, 0.3) is 11.9 Å². The summed E-state index contributed by atoms with van der Waals surface area (Å²) in [6.07, 6.45) is 1.35. The first-order valence-corrected chi connectivity index (χ1v) is 7.36. The Morgan fingerprint density at radius 2 is 2.45 bits per heavy atom. The van der Waals surface area contributed by atoms with E-state index in [9.17, 15) is 4.79 Å². The highest BCUT2D eigenvalue weighted by Crippen LogP contribution is 2.29. The molecule has 1 aliphatic rings.